The van der Waals surface area contributed by atoms with Crippen LogP contribution in [-0.4, -0.2) is 88.6 Å². The van der Waals surface area contributed by atoms with Gasteiger partial charge in [-0.25, -0.2) is 4.79 Å². The number of benzene rings is 1. The van der Waals surface area contributed by atoms with E-state index in [1.807, 2.05) is 0 Å². The standard InChI is InChI=1S/C26H42N8O6/c27-12-2-1-5-19(22(36)33-20(25(39)40)6-3-13-31-26(29)30)32-23(37)21-7-4-14-34(21)24(38)18(28)15-16-8-10-17(35)11-9-16/h8-11,18-21,35H,1-7,12-15,27-28H2,(H,32,37)(H,33,36)(H,39,40)(H4,29,30,31). The van der Waals surface area contributed by atoms with Crippen LogP contribution in [0.4, 0.5) is 0 Å². The molecule has 0 aliphatic carbocycles. The number of phenolic OH excluding ortho intramolecular Hbond substituents is 1. The average molecular weight is 563 g/mol. The highest BCUT2D eigenvalue weighted by atomic mass is 16.4. The van der Waals surface area contributed by atoms with E-state index in [-0.39, 0.29) is 43.4 Å². The smallest absolute Gasteiger partial charge is 0.326 e. The number of nitrogens with two attached hydrogens (primary N) is 4. The van der Waals surface area contributed by atoms with E-state index in [2.05, 4.69) is 15.6 Å². The molecule has 12 N–H and O–H groups in total. The zero-order valence-corrected chi connectivity index (χ0v) is 22.6. The second-order valence-corrected chi connectivity index (χ2v) is 9.86. The van der Waals surface area contributed by atoms with Gasteiger partial charge in [-0.05, 0) is 75.6 Å². The van der Waals surface area contributed by atoms with Crippen molar-refractivity contribution in [2.45, 2.75) is 75.5 Å². The lowest BCUT2D eigenvalue weighted by molar-refractivity contribution is -0.143. The number of amides is 3. The lowest BCUT2D eigenvalue weighted by Gasteiger charge is -2.28. The highest BCUT2D eigenvalue weighted by molar-refractivity contribution is 5.94. The fraction of sp³-hybridized carbons (Fsp3) is 0.577. The third kappa shape index (κ3) is 10.3. The van der Waals surface area contributed by atoms with Gasteiger partial charge in [0.2, 0.25) is 17.7 Å². The number of carboxylic acids is 1. The Labute approximate surface area is 233 Å². The molecule has 0 saturated carbocycles. The van der Waals surface area contributed by atoms with E-state index >= 15 is 0 Å². The summed E-state index contributed by atoms with van der Waals surface area (Å²) in [6.45, 7) is 0.953. The maximum atomic E-state index is 13.3. The Kier molecular flexibility index (Phi) is 13.1. The van der Waals surface area contributed by atoms with E-state index < -0.39 is 42.0 Å². The molecule has 0 spiro atoms. The summed E-state index contributed by atoms with van der Waals surface area (Å²) in [5.41, 5.74) is 23.1. The van der Waals surface area contributed by atoms with Crippen molar-refractivity contribution in [2.75, 3.05) is 19.6 Å². The average Bonchev–Trinajstić information content (AvgIpc) is 3.40. The van der Waals surface area contributed by atoms with Crippen molar-refractivity contribution in [1.29, 1.82) is 0 Å². The summed E-state index contributed by atoms with van der Waals surface area (Å²) >= 11 is 0. The van der Waals surface area contributed by atoms with E-state index in [9.17, 15) is 29.4 Å². The molecule has 1 aliphatic rings. The first kappa shape index (κ1) is 32.3. The van der Waals surface area contributed by atoms with E-state index in [0.717, 1.165) is 5.56 Å². The third-order valence-corrected chi connectivity index (χ3v) is 6.69. The van der Waals surface area contributed by atoms with Gasteiger partial charge in [-0.1, -0.05) is 12.1 Å². The molecule has 40 heavy (non-hydrogen) atoms. The van der Waals surface area contributed by atoms with E-state index in [1.165, 1.54) is 17.0 Å². The maximum absolute atomic E-state index is 13.3. The first-order chi connectivity index (χ1) is 19.0. The van der Waals surface area contributed by atoms with Crippen LogP contribution < -0.4 is 33.6 Å². The molecule has 4 atom stereocenters. The number of guanidine groups is 1. The fourth-order valence-corrected chi connectivity index (χ4v) is 4.55. The number of likely N-dealkylation sites (tertiary alicyclic amines) is 1. The van der Waals surface area contributed by atoms with Crippen molar-refractivity contribution >= 4 is 29.7 Å². The quantitative estimate of drug-likeness (QED) is 0.0656. The first-order valence-electron chi connectivity index (χ1n) is 13.5. The Morgan fingerprint density at radius 2 is 1.70 bits per heavy atom. The van der Waals surface area contributed by atoms with Gasteiger partial charge in [-0.2, -0.15) is 0 Å². The van der Waals surface area contributed by atoms with Crippen LogP contribution in [0.3, 0.4) is 0 Å². The molecule has 1 aromatic carbocycles. The summed E-state index contributed by atoms with van der Waals surface area (Å²) in [4.78, 5) is 56.5. The van der Waals surface area contributed by atoms with Crippen LogP contribution in [0.15, 0.2) is 29.3 Å². The lowest BCUT2D eigenvalue weighted by atomic mass is 10.0. The Bertz CT molecular complexity index is 1030. The maximum Gasteiger partial charge on any atom is 0.326 e. The van der Waals surface area contributed by atoms with Gasteiger partial charge in [0.15, 0.2) is 5.96 Å². The number of aromatic hydroxyl groups is 1. The molecule has 14 heteroatoms. The number of rotatable bonds is 16. The number of phenols is 1. The molecule has 0 radical (unpaired) electrons. The highest BCUT2D eigenvalue weighted by Gasteiger charge is 2.37. The molecule has 2 rings (SSSR count). The number of aliphatic imine (C=N–C) groups is 1. The highest BCUT2D eigenvalue weighted by Crippen LogP contribution is 2.20. The Morgan fingerprint density at radius 1 is 1.02 bits per heavy atom. The first-order valence-corrected chi connectivity index (χ1v) is 13.5. The minimum atomic E-state index is -1.22. The van der Waals surface area contributed by atoms with Crippen molar-refractivity contribution in [3.05, 3.63) is 29.8 Å². The predicted octanol–water partition coefficient (Wildman–Crippen LogP) is -1.51. The Hall–Kier alpha value is -3.91. The Morgan fingerprint density at radius 3 is 2.33 bits per heavy atom. The molecule has 1 saturated heterocycles. The number of carboxylic acid groups (broad SMARTS) is 1. The number of carbonyl (C=O) groups is 4. The SMILES string of the molecule is NCCCCC(NC(=O)C1CCCN1C(=O)C(N)Cc1ccc(O)cc1)C(=O)NC(CCCN=C(N)N)C(=O)O. The summed E-state index contributed by atoms with van der Waals surface area (Å²) < 4.78 is 0. The Balaban J connectivity index is 2.05. The molecule has 1 fully saturated rings. The zero-order valence-electron chi connectivity index (χ0n) is 22.6. The van der Waals surface area contributed by atoms with Gasteiger partial charge in [-0.3, -0.25) is 19.4 Å². The predicted molar refractivity (Wildman–Crippen MR) is 149 cm³/mol. The molecule has 0 aromatic heterocycles. The van der Waals surface area contributed by atoms with Gasteiger partial charge in [0, 0.05) is 13.1 Å². The molecule has 1 heterocycles. The number of aliphatic carboxylic acids is 1. The lowest BCUT2D eigenvalue weighted by Crippen LogP contribution is -2.56. The van der Waals surface area contributed by atoms with E-state index in [4.69, 9.17) is 22.9 Å². The minimum absolute atomic E-state index is 0.0884. The number of nitrogens with one attached hydrogen (secondary N) is 2. The van der Waals surface area contributed by atoms with Crippen molar-refractivity contribution < 1.29 is 29.4 Å². The van der Waals surface area contributed by atoms with Crippen LogP contribution in [-0.2, 0) is 25.6 Å². The number of nitrogens with zero attached hydrogens (tertiary/aromatic N) is 2. The fourth-order valence-electron chi connectivity index (χ4n) is 4.55. The van der Waals surface area contributed by atoms with Gasteiger partial charge < -0.3 is 48.7 Å². The van der Waals surface area contributed by atoms with Crippen LogP contribution in [0.25, 0.3) is 0 Å². The third-order valence-electron chi connectivity index (χ3n) is 6.69. The summed E-state index contributed by atoms with van der Waals surface area (Å²) in [6.07, 6.45) is 3.03. The van der Waals surface area contributed by atoms with Crippen molar-refractivity contribution in [3.63, 3.8) is 0 Å². The van der Waals surface area contributed by atoms with E-state index in [0.29, 0.717) is 45.2 Å². The molecular formula is C26H42N8O6. The number of hydrogen-bond donors (Lipinski definition) is 8. The van der Waals surface area contributed by atoms with E-state index in [1.54, 1.807) is 12.1 Å². The second-order valence-electron chi connectivity index (χ2n) is 9.86. The number of carbonyl (C=O) groups excluding carboxylic acids is 3. The zero-order chi connectivity index (χ0) is 29.7. The second kappa shape index (κ2) is 16.3. The normalized spacial score (nSPS) is 16.9. The summed E-state index contributed by atoms with van der Waals surface area (Å²) in [5.74, 6) is -2.76. The van der Waals surface area contributed by atoms with Crippen LogP contribution >= 0.6 is 0 Å². The summed E-state index contributed by atoms with van der Waals surface area (Å²) in [7, 11) is 0. The van der Waals surface area contributed by atoms with Crippen molar-refractivity contribution in [3.8, 4) is 5.75 Å². The molecule has 3 amide bonds. The molecular weight excluding hydrogens is 520 g/mol. The largest absolute Gasteiger partial charge is 0.508 e. The van der Waals surface area contributed by atoms with Crippen LogP contribution in [0.2, 0.25) is 0 Å². The van der Waals surface area contributed by atoms with Gasteiger partial charge in [0.05, 0.1) is 6.04 Å². The number of unbranched alkanes of at least 4 members (excludes halogenated alkanes) is 1. The topological polar surface area (TPSA) is 252 Å². The molecule has 14 nitrogen and oxygen atoms in total. The number of hydrogen-bond acceptors (Lipinski definition) is 8. The van der Waals surface area contributed by atoms with Crippen LogP contribution in [0.1, 0.15) is 50.5 Å². The summed E-state index contributed by atoms with van der Waals surface area (Å²) in [6, 6.07) is 2.45. The molecule has 4 unspecified atom stereocenters. The molecule has 1 aromatic rings. The van der Waals surface area contributed by atoms with Crippen LogP contribution in [0, 0.1) is 0 Å². The van der Waals surface area contributed by atoms with Crippen molar-refractivity contribution in [1.82, 2.24) is 15.5 Å². The van der Waals surface area contributed by atoms with Crippen LogP contribution in [0.5, 0.6) is 5.75 Å². The molecule has 1 aliphatic heterocycles. The van der Waals surface area contributed by atoms with Gasteiger partial charge >= 0.3 is 5.97 Å². The summed E-state index contributed by atoms with van der Waals surface area (Å²) in [5, 5.41) is 24.3. The van der Waals surface area contributed by atoms with Gasteiger partial charge in [-0.15, -0.1) is 0 Å². The molecule has 222 valence electrons. The van der Waals surface area contributed by atoms with Crippen molar-refractivity contribution in [2.24, 2.45) is 27.9 Å². The monoisotopic (exact) mass is 562 g/mol. The minimum Gasteiger partial charge on any atom is -0.508 e. The molecule has 0 bridgehead atoms. The van der Waals surface area contributed by atoms with Gasteiger partial charge in [0.25, 0.3) is 0 Å². The van der Waals surface area contributed by atoms with Gasteiger partial charge in [0.1, 0.15) is 23.9 Å².